The number of aromatic amines is 1. The molecule has 98 valence electrons. The van der Waals surface area contributed by atoms with E-state index in [1.165, 1.54) is 11.1 Å². The van der Waals surface area contributed by atoms with Gasteiger partial charge in [-0.05, 0) is 30.0 Å². The highest BCUT2D eigenvalue weighted by molar-refractivity contribution is 5.68. The van der Waals surface area contributed by atoms with Crippen LogP contribution in [0.5, 0.6) is 0 Å². The van der Waals surface area contributed by atoms with Crippen LogP contribution in [0, 0.1) is 0 Å². The number of H-pyrrole nitrogens is 1. The molecule has 3 rings (SSSR count). The minimum absolute atomic E-state index is 0.743. The van der Waals surface area contributed by atoms with Crippen LogP contribution in [0.3, 0.4) is 0 Å². The van der Waals surface area contributed by atoms with Gasteiger partial charge in [0.1, 0.15) is 0 Å². The van der Waals surface area contributed by atoms with Crippen LogP contribution in [0.2, 0.25) is 0 Å². The van der Waals surface area contributed by atoms with Crippen LogP contribution in [-0.2, 0) is 19.4 Å². The molecule has 6 heteroatoms. The lowest BCUT2D eigenvalue weighted by molar-refractivity contribution is 0.670. The molecule has 19 heavy (non-hydrogen) atoms. The minimum Gasteiger partial charge on any atom is -0.312 e. The Hall–Kier alpha value is -2.08. The number of aryl methyl sites for hydroxylation is 1. The van der Waals surface area contributed by atoms with E-state index in [0.29, 0.717) is 0 Å². The lowest BCUT2D eigenvalue weighted by Crippen LogP contribution is -2.17. The van der Waals surface area contributed by atoms with Gasteiger partial charge < -0.3 is 5.32 Å². The molecule has 0 fully saturated rings. The summed E-state index contributed by atoms with van der Waals surface area (Å²) in [6.07, 6.45) is 4.91. The molecule has 0 spiro atoms. The maximum absolute atomic E-state index is 4.39. The summed E-state index contributed by atoms with van der Waals surface area (Å²) in [6, 6.07) is 6.47. The zero-order valence-electron chi connectivity index (χ0n) is 10.6. The smallest absolute Gasteiger partial charge is 0.175 e. The third-order valence-electron chi connectivity index (χ3n) is 3.16. The quantitative estimate of drug-likeness (QED) is 0.787. The van der Waals surface area contributed by atoms with Crippen molar-refractivity contribution in [2.24, 2.45) is 4.99 Å². The molecule has 1 aromatic heterocycles. The Kier molecular flexibility index (Phi) is 3.60. The van der Waals surface area contributed by atoms with Gasteiger partial charge in [0.25, 0.3) is 0 Å². The number of tetrazole rings is 1. The zero-order valence-corrected chi connectivity index (χ0v) is 10.6. The van der Waals surface area contributed by atoms with E-state index in [1.54, 1.807) is 0 Å². The number of rotatable bonds is 5. The number of aromatic nitrogens is 4. The van der Waals surface area contributed by atoms with E-state index in [0.717, 1.165) is 43.9 Å². The predicted molar refractivity (Wildman–Crippen MR) is 72.5 cm³/mol. The molecule has 0 unspecified atom stereocenters. The monoisotopic (exact) mass is 256 g/mol. The summed E-state index contributed by atoms with van der Waals surface area (Å²) in [4.78, 5) is 4.39. The highest BCUT2D eigenvalue weighted by atomic mass is 15.5. The average Bonchev–Trinajstić information content (AvgIpc) is 2.97. The van der Waals surface area contributed by atoms with Crippen molar-refractivity contribution in [2.45, 2.75) is 25.8 Å². The molecular formula is C13H16N6. The molecule has 0 saturated carbocycles. The van der Waals surface area contributed by atoms with Gasteiger partial charge >= 0.3 is 0 Å². The molecule has 0 bridgehead atoms. The zero-order chi connectivity index (χ0) is 12.9. The van der Waals surface area contributed by atoms with Gasteiger partial charge in [0, 0.05) is 25.7 Å². The molecule has 0 atom stereocenters. The van der Waals surface area contributed by atoms with Crippen LogP contribution in [0.25, 0.3) is 0 Å². The van der Waals surface area contributed by atoms with Gasteiger partial charge in [-0.25, -0.2) is 0 Å². The summed E-state index contributed by atoms with van der Waals surface area (Å²) in [6.45, 7) is 1.70. The van der Waals surface area contributed by atoms with Gasteiger partial charge in [-0.3, -0.25) is 4.99 Å². The summed E-state index contributed by atoms with van der Waals surface area (Å²) in [7, 11) is 0. The van der Waals surface area contributed by atoms with E-state index in [-0.39, 0.29) is 0 Å². The summed E-state index contributed by atoms with van der Waals surface area (Å²) >= 11 is 0. The number of fused-ring (bicyclic) bond motifs is 1. The van der Waals surface area contributed by atoms with Crippen molar-refractivity contribution < 1.29 is 0 Å². The van der Waals surface area contributed by atoms with Crippen LogP contribution in [-0.4, -0.2) is 33.4 Å². The largest absolute Gasteiger partial charge is 0.312 e. The number of benzene rings is 1. The Balaban J connectivity index is 1.51. The first-order valence-corrected chi connectivity index (χ1v) is 6.49. The lowest BCUT2D eigenvalue weighted by Gasteiger charge is -2.11. The average molecular weight is 256 g/mol. The summed E-state index contributed by atoms with van der Waals surface area (Å²) in [5.41, 5.74) is 3.76. The fourth-order valence-electron chi connectivity index (χ4n) is 2.18. The lowest BCUT2D eigenvalue weighted by atomic mass is 10.0. The Labute approximate surface area is 111 Å². The Morgan fingerprint density at radius 3 is 3.21 bits per heavy atom. The van der Waals surface area contributed by atoms with Gasteiger partial charge in [-0.15, -0.1) is 10.2 Å². The van der Waals surface area contributed by atoms with E-state index < -0.39 is 0 Å². The second-order valence-corrected chi connectivity index (χ2v) is 4.57. The van der Waals surface area contributed by atoms with Crippen molar-refractivity contribution in [3.8, 4) is 0 Å². The van der Waals surface area contributed by atoms with Crippen molar-refractivity contribution in [3.05, 3.63) is 35.2 Å². The molecule has 0 aliphatic carbocycles. The predicted octanol–water partition coefficient (Wildman–Crippen LogP) is 1.18. The van der Waals surface area contributed by atoms with Crippen molar-refractivity contribution >= 4 is 11.9 Å². The molecule has 1 aliphatic heterocycles. The molecule has 6 nitrogen and oxygen atoms in total. The van der Waals surface area contributed by atoms with Crippen molar-refractivity contribution in [3.63, 3.8) is 0 Å². The summed E-state index contributed by atoms with van der Waals surface area (Å²) < 4.78 is 0. The second-order valence-electron chi connectivity index (χ2n) is 4.57. The minimum atomic E-state index is 0.743. The number of nitrogens with one attached hydrogen (secondary N) is 2. The molecule has 0 saturated heterocycles. The molecule has 1 aliphatic rings. The van der Waals surface area contributed by atoms with Crippen LogP contribution < -0.4 is 5.32 Å². The molecule has 2 heterocycles. The molecule has 0 radical (unpaired) electrons. The Morgan fingerprint density at radius 1 is 1.32 bits per heavy atom. The maximum Gasteiger partial charge on any atom is 0.175 e. The molecule has 2 N–H and O–H groups in total. The normalized spacial score (nSPS) is 13.5. The highest BCUT2D eigenvalue weighted by Gasteiger charge is 2.06. The molecule has 1 aromatic carbocycles. The Bertz CT molecular complexity index is 561. The standard InChI is InChI=1S/C13H16N6/c1-2-11-8-10(3-4-12(11)15-6-1)9-14-7-5-13-16-18-19-17-13/h3-4,6,8,14H,1-2,5,7,9H2,(H,16,17,18,19). The van der Waals surface area contributed by atoms with Crippen LogP contribution in [0.4, 0.5) is 5.69 Å². The molecule has 2 aromatic rings. The van der Waals surface area contributed by atoms with E-state index in [1.807, 2.05) is 6.21 Å². The SMILES string of the molecule is C1=Nc2ccc(CNCCc3nn[nH]n3)cc2CC1. The van der Waals surface area contributed by atoms with Crippen LogP contribution >= 0.6 is 0 Å². The van der Waals surface area contributed by atoms with Gasteiger partial charge in [-0.1, -0.05) is 17.3 Å². The van der Waals surface area contributed by atoms with Gasteiger partial charge in [-0.2, -0.15) is 5.21 Å². The summed E-state index contributed by atoms with van der Waals surface area (Å²) in [5, 5.41) is 17.2. The molecule has 0 amide bonds. The number of nitrogens with zero attached hydrogens (tertiary/aromatic N) is 4. The fraction of sp³-hybridized carbons (Fsp3) is 0.385. The number of aliphatic imine (C=N–C) groups is 1. The first kappa shape index (κ1) is 12.0. The number of hydrogen-bond donors (Lipinski definition) is 2. The second kappa shape index (κ2) is 5.71. The van der Waals surface area contributed by atoms with E-state index in [9.17, 15) is 0 Å². The summed E-state index contributed by atoms with van der Waals surface area (Å²) in [5.74, 6) is 0.743. The van der Waals surface area contributed by atoms with Gasteiger partial charge in [0.15, 0.2) is 5.82 Å². The van der Waals surface area contributed by atoms with Gasteiger partial charge in [0.2, 0.25) is 0 Å². The molecular weight excluding hydrogens is 240 g/mol. The fourth-order valence-corrected chi connectivity index (χ4v) is 2.18. The van der Waals surface area contributed by atoms with E-state index in [4.69, 9.17) is 0 Å². The van der Waals surface area contributed by atoms with Crippen molar-refractivity contribution in [2.75, 3.05) is 6.54 Å². The van der Waals surface area contributed by atoms with Crippen LogP contribution in [0.15, 0.2) is 23.2 Å². The van der Waals surface area contributed by atoms with E-state index >= 15 is 0 Å². The first-order valence-electron chi connectivity index (χ1n) is 6.49. The third-order valence-corrected chi connectivity index (χ3v) is 3.16. The van der Waals surface area contributed by atoms with Crippen molar-refractivity contribution in [1.82, 2.24) is 25.9 Å². The topological polar surface area (TPSA) is 78.9 Å². The Morgan fingerprint density at radius 2 is 2.32 bits per heavy atom. The number of hydrogen-bond acceptors (Lipinski definition) is 5. The van der Waals surface area contributed by atoms with Gasteiger partial charge in [0.05, 0.1) is 5.69 Å². The highest BCUT2D eigenvalue weighted by Crippen LogP contribution is 2.24. The maximum atomic E-state index is 4.39. The van der Waals surface area contributed by atoms with E-state index in [2.05, 4.69) is 49.1 Å². The van der Waals surface area contributed by atoms with Crippen LogP contribution in [0.1, 0.15) is 23.4 Å². The third kappa shape index (κ3) is 3.03. The van der Waals surface area contributed by atoms with Crippen molar-refractivity contribution in [1.29, 1.82) is 0 Å². The first-order chi connectivity index (χ1) is 9.42.